The Kier molecular flexibility index (Phi) is 4.76. The Labute approximate surface area is 113 Å². The summed E-state index contributed by atoms with van der Waals surface area (Å²) in [5.41, 5.74) is 0. The van der Waals surface area contributed by atoms with Gasteiger partial charge in [-0.1, -0.05) is 0 Å². The molecule has 0 radical (unpaired) electrons. The van der Waals surface area contributed by atoms with E-state index in [0.29, 0.717) is 12.0 Å². The number of carboxylic acids is 1. The van der Waals surface area contributed by atoms with E-state index < -0.39 is 12.6 Å². The molecule has 1 amide bonds. The maximum absolute atomic E-state index is 11.9. The van der Waals surface area contributed by atoms with Gasteiger partial charge < -0.3 is 19.6 Å². The molecule has 0 saturated carbocycles. The third-order valence-corrected chi connectivity index (χ3v) is 4.15. The van der Waals surface area contributed by atoms with Gasteiger partial charge in [0, 0.05) is 19.1 Å². The predicted octanol–water partition coefficient (Wildman–Crippen LogP) is 0.0303. The average molecular weight is 270 g/mol. The van der Waals surface area contributed by atoms with Crippen LogP contribution in [0.25, 0.3) is 0 Å². The number of ether oxygens (including phenoxy) is 1. The highest BCUT2D eigenvalue weighted by Gasteiger charge is 2.35. The van der Waals surface area contributed by atoms with E-state index in [1.807, 2.05) is 4.90 Å². The minimum atomic E-state index is -1.04. The van der Waals surface area contributed by atoms with Crippen molar-refractivity contribution in [2.45, 2.75) is 25.3 Å². The minimum absolute atomic E-state index is 0.0899. The van der Waals surface area contributed by atoms with E-state index in [0.717, 1.165) is 26.1 Å². The summed E-state index contributed by atoms with van der Waals surface area (Å²) in [5, 5.41) is 8.46. The van der Waals surface area contributed by atoms with Gasteiger partial charge in [-0.3, -0.25) is 4.79 Å². The quantitative estimate of drug-likeness (QED) is 0.780. The highest BCUT2D eigenvalue weighted by atomic mass is 16.5. The van der Waals surface area contributed by atoms with Gasteiger partial charge in [0.25, 0.3) is 0 Å². The number of hydrogen-bond acceptors (Lipinski definition) is 4. The van der Waals surface area contributed by atoms with Crippen LogP contribution in [0.15, 0.2) is 0 Å². The number of amides is 1. The van der Waals surface area contributed by atoms with E-state index >= 15 is 0 Å². The molecule has 6 nitrogen and oxygen atoms in total. The van der Waals surface area contributed by atoms with Crippen molar-refractivity contribution in [2.24, 2.45) is 5.92 Å². The number of hydrogen-bond donors (Lipinski definition) is 1. The monoisotopic (exact) mass is 270 g/mol. The third kappa shape index (κ3) is 3.67. The molecule has 6 heteroatoms. The Morgan fingerprint density at radius 3 is 2.79 bits per heavy atom. The first-order valence-corrected chi connectivity index (χ1v) is 6.85. The number of carboxylic acid groups (broad SMARTS) is 1. The van der Waals surface area contributed by atoms with Crippen molar-refractivity contribution in [1.29, 1.82) is 0 Å². The fourth-order valence-corrected chi connectivity index (χ4v) is 3.20. The van der Waals surface area contributed by atoms with Crippen molar-refractivity contribution in [3.63, 3.8) is 0 Å². The topological polar surface area (TPSA) is 70.1 Å². The summed E-state index contributed by atoms with van der Waals surface area (Å²) in [7, 11) is 2.16. The molecular formula is C13H22N2O4. The summed E-state index contributed by atoms with van der Waals surface area (Å²) in [6.07, 6.45) is 3.37. The first kappa shape index (κ1) is 14.3. The zero-order valence-corrected chi connectivity index (χ0v) is 11.4. The van der Waals surface area contributed by atoms with Crippen LogP contribution >= 0.6 is 0 Å². The van der Waals surface area contributed by atoms with Crippen LogP contribution in [0.3, 0.4) is 0 Å². The minimum Gasteiger partial charge on any atom is -0.480 e. The molecule has 0 spiro atoms. The molecule has 0 aromatic carbocycles. The van der Waals surface area contributed by atoms with Gasteiger partial charge >= 0.3 is 5.97 Å². The second kappa shape index (κ2) is 6.34. The highest BCUT2D eigenvalue weighted by molar-refractivity contribution is 5.78. The summed E-state index contributed by atoms with van der Waals surface area (Å²) in [4.78, 5) is 26.5. The van der Waals surface area contributed by atoms with Crippen molar-refractivity contribution in [2.75, 3.05) is 39.9 Å². The average Bonchev–Trinajstić information content (AvgIpc) is 2.38. The first-order valence-electron chi connectivity index (χ1n) is 6.85. The molecule has 2 heterocycles. The van der Waals surface area contributed by atoms with Gasteiger partial charge in [0.1, 0.15) is 13.2 Å². The Hall–Kier alpha value is -1.14. The molecule has 0 bridgehead atoms. The number of rotatable bonds is 4. The zero-order chi connectivity index (χ0) is 13.8. The smallest absolute Gasteiger partial charge is 0.329 e. The van der Waals surface area contributed by atoms with Crippen LogP contribution in [-0.2, 0) is 14.3 Å². The summed E-state index contributed by atoms with van der Waals surface area (Å²) in [5.74, 6) is -0.579. The Morgan fingerprint density at radius 1 is 1.26 bits per heavy atom. The molecule has 2 rings (SSSR count). The summed E-state index contributed by atoms with van der Waals surface area (Å²) < 4.78 is 4.87. The molecule has 0 aromatic rings. The third-order valence-electron chi connectivity index (χ3n) is 4.15. The van der Waals surface area contributed by atoms with Gasteiger partial charge in [-0.05, 0) is 38.8 Å². The fraction of sp³-hybridized carbons (Fsp3) is 0.846. The Balaban J connectivity index is 1.79. The lowest BCUT2D eigenvalue weighted by Gasteiger charge is -2.45. The standard InChI is InChI=1S/C13H22N2O4/c1-14-5-2-3-10-7-15(6-4-11(10)14)12(16)8-19-9-13(17)18/h10-11H,2-9H2,1H3,(H,17,18). The molecule has 2 aliphatic rings. The Bertz CT molecular complexity index is 348. The number of aliphatic carboxylic acids is 1. The van der Waals surface area contributed by atoms with Crippen LogP contribution < -0.4 is 0 Å². The van der Waals surface area contributed by atoms with E-state index in [1.54, 1.807) is 0 Å². The van der Waals surface area contributed by atoms with Crippen LogP contribution in [0, 0.1) is 5.92 Å². The van der Waals surface area contributed by atoms with Crippen LogP contribution in [0.1, 0.15) is 19.3 Å². The van der Waals surface area contributed by atoms with Gasteiger partial charge in [0.05, 0.1) is 0 Å². The molecule has 108 valence electrons. The number of likely N-dealkylation sites (tertiary alicyclic amines) is 2. The normalized spacial score (nSPS) is 27.9. The molecular weight excluding hydrogens is 248 g/mol. The molecule has 1 N–H and O–H groups in total. The molecule has 2 fully saturated rings. The van der Waals surface area contributed by atoms with Gasteiger partial charge in [0.15, 0.2) is 0 Å². The molecule has 2 saturated heterocycles. The SMILES string of the molecule is CN1CCCC2CN(C(=O)COCC(=O)O)CCC21. The van der Waals surface area contributed by atoms with E-state index in [-0.39, 0.29) is 12.5 Å². The predicted molar refractivity (Wildman–Crippen MR) is 68.8 cm³/mol. The lowest BCUT2D eigenvalue weighted by Crippen LogP contribution is -2.54. The molecule has 19 heavy (non-hydrogen) atoms. The first-order chi connectivity index (χ1) is 9.08. The number of piperidine rings is 2. The van der Waals surface area contributed by atoms with Gasteiger partial charge in [-0.2, -0.15) is 0 Å². The number of nitrogens with zero attached hydrogens (tertiary/aromatic N) is 2. The van der Waals surface area contributed by atoms with Crippen molar-refractivity contribution >= 4 is 11.9 Å². The summed E-state index contributed by atoms with van der Waals surface area (Å²) in [6.45, 7) is 2.15. The van der Waals surface area contributed by atoms with Gasteiger partial charge in [0.2, 0.25) is 5.91 Å². The maximum atomic E-state index is 11.9. The zero-order valence-electron chi connectivity index (χ0n) is 11.4. The van der Waals surface area contributed by atoms with E-state index in [2.05, 4.69) is 11.9 Å². The fourth-order valence-electron chi connectivity index (χ4n) is 3.20. The van der Waals surface area contributed by atoms with Crippen molar-refractivity contribution < 1.29 is 19.4 Å². The number of carbonyl (C=O) groups excluding carboxylic acids is 1. The largest absolute Gasteiger partial charge is 0.480 e. The molecule has 2 unspecified atom stereocenters. The van der Waals surface area contributed by atoms with E-state index in [4.69, 9.17) is 9.84 Å². The van der Waals surface area contributed by atoms with Crippen molar-refractivity contribution in [1.82, 2.24) is 9.80 Å². The van der Waals surface area contributed by atoms with Gasteiger partial charge in [-0.25, -0.2) is 4.79 Å². The number of fused-ring (bicyclic) bond motifs is 1. The van der Waals surface area contributed by atoms with Crippen LogP contribution in [0.4, 0.5) is 0 Å². The van der Waals surface area contributed by atoms with Crippen LogP contribution in [0.2, 0.25) is 0 Å². The van der Waals surface area contributed by atoms with E-state index in [1.165, 1.54) is 12.8 Å². The van der Waals surface area contributed by atoms with Crippen LogP contribution in [0.5, 0.6) is 0 Å². The van der Waals surface area contributed by atoms with Crippen LogP contribution in [-0.4, -0.2) is 72.7 Å². The Morgan fingerprint density at radius 2 is 2.05 bits per heavy atom. The van der Waals surface area contributed by atoms with Gasteiger partial charge in [-0.15, -0.1) is 0 Å². The summed E-state index contributed by atoms with van der Waals surface area (Å²) in [6, 6.07) is 0.595. The molecule has 2 aliphatic heterocycles. The lowest BCUT2D eigenvalue weighted by atomic mass is 9.84. The lowest BCUT2D eigenvalue weighted by molar-refractivity contribution is -0.147. The number of carbonyl (C=O) groups is 2. The molecule has 2 atom stereocenters. The molecule has 0 aliphatic carbocycles. The highest BCUT2D eigenvalue weighted by Crippen LogP contribution is 2.29. The summed E-state index contributed by atoms with van der Waals surface area (Å²) >= 11 is 0. The second-order valence-corrected chi connectivity index (χ2v) is 5.47. The van der Waals surface area contributed by atoms with Crippen molar-refractivity contribution in [3.05, 3.63) is 0 Å². The maximum Gasteiger partial charge on any atom is 0.329 e. The second-order valence-electron chi connectivity index (χ2n) is 5.47. The van der Waals surface area contributed by atoms with Crippen molar-refractivity contribution in [3.8, 4) is 0 Å². The molecule has 0 aromatic heterocycles. The van der Waals surface area contributed by atoms with E-state index in [9.17, 15) is 9.59 Å².